The summed E-state index contributed by atoms with van der Waals surface area (Å²) >= 11 is 1.95. The molecule has 1 amide bonds. The highest BCUT2D eigenvalue weighted by atomic mass is 32.2. The van der Waals surface area contributed by atoms with E-state index in [2.05, 4.69) is 4.98 Å². The molecular formula is C19H21FN2OS. The number of halogens is 1. The van der Waals surface area contributed by atoms with Gasteiger partial charge in [0, 0.05) is 30.1 Å². The van der Waals surface area contributed by atoms with E-state index in [4.69, 9.17) is 0 Å². The van der Waals surface area contributed by atoms with Gasteiger partial charge in [0.15, 0.2) is 0 Å². The van der Waals surface area contributed by atoms with Crippen LogP contribution in [0.4, 0.5) is 10.1 Å². The van der Waals surface area contributed by atoms with Crippen molar-refractivity contribution in [3.63, 3.8) is 0 Å². The molecule has 1 aliphatic heterocycles. The Morgan fingerprint density at radius 1 is 1.17 bits per heavy atom. The standard InChI is InChI=1S/C19H21FN2OS/c20-18-4-2-1-3-16(18)14-22(17-5-9-21-10-6-17)19(23)13-15-7-11-24-12-8-15/h1-6,9-10,15H,7-8,11-14H2. The average Bonchev–Trinajstić information content (AvgIpc) is 2.62. The summed E-state index contributed by atoms with van der Waals surface area (Å²) < 4.78 is 14.0. The number of hydrogen-bond donors (Lipinski definition) is 0. The third kappa shape index (κ3) is 4.35. The molecule has 0 atom stereocenters. The highest BCUT2D eigenvalue weighted by molar-refractivity contribution is 7.99. The Labute approximate surface area is 146 Å². The number of nitrogens with zero attached hydrogens (tertiary/aromatic N) is 2. The molecule has 0 unspecified atom stereocenters. The van der Waals surface area contributed by atoms with Gasteiger partial charge in [-0.3, -0.25) is 9.78 Å². The summed E-state index contributed by atoms with van der Waals surface area (Å²) in [7, 11) is 0. The van der Waals surface area contributed by atoms with Crippen LogP contribution in [0.15, 0.2) is 48.8 Å². The van der Waals surface area contributed by atoms with Crippen LogP contribution in [0.3, 0.4) is 0 Å². The molecule has 126 valence electrons. The molecule has 1 saturated heterocycles. The van der Waals surface area contributed by atoms with Crippen molar-refractivity contribution in [1.82, 2.24) is 4.98 Å². The van der Waals surface area contributed by atoms with Gasteiger partial charge in [0.2, 0.25) is 5.91 Å². The zero-order valence-corrected chi connectivity index (χ0v) is 14.3. The average molecular weight is 344 g/mol. The molecule has 24 heavy (non-hydrogen) atoms. The van der Waals surface area contributed by atoms with Gasteiger partial charge < -0.3 is 4.90 Å². The fourth-order valence-electron chi connectivity index (χ4n) is 2.95. The first-order valence-electron chi connectivity index (χ1n) is 8.25. The van der Waals surface area contributed by atoms with Crippen LogP contribution < -0.4 is 4.90 Å². The SMILES string of the molecule is O=C(CC1CCSCC1)N(Cc1ccccc1F)c1ccncc1. The van der Waals surface area contributed by atoms with Gasteiger partial charge in [-0.15, -0.1) is 0 Å². The molecule has 0 spiro atoms. The minimum Gasteiger partial charge on any atom is -0.308 e. The smallest absolute Gasteiger partial charge is 0.227 e. The van der Waals surface area contributed by atoms with Crippen LogP contribution >= 0.6 is 11.8 Å². The van der Waals surface area contributed by atoms with E-state index in [9.17, 15) is 9.18 Å². The maximum Gasteiger partial charge on any atom is 0.227 e. The Balaban J connectivity index is 1.79. The molecule has 0 radical (unpaired) electrons. The normalized spacial score (nSPS) is 15.2. The third-order valence-corrected chi connectivity index (χ3v) is 5.41. The molecule has 0 saturated carbocycles. The molecule has 0 bridgehead atoms. The maximum absolute atomic E-state index is 14.0. The van der Waals surface area contributed by atoms with E-state index >= 15 is 0 Å². The predicted octanol–water partition coefficient (Wildman–Crippen LogP) is 4.29. The number of thioether (sulfide) groups is 1. The summed E-state index contributed by atoms with van der Waals surface area (Å²) in [5.74, 6) is 2.46. The summed E-state index contributed by atoms with van der Waals surface area (Å²) in [6.07, 6.45) is 6.01. The molecule has 1 aromatic heterocycles. The molecule has 5 heteroatoms. The lowest BCUT2D eigenvalue weighted by atomic mass is 9.98. The lowest BCUT2D eigenvalue weighted by Crippen LogP contribution is -2.32. The number of carbonyl (C=O) groups is 1. The lowest BCUT2D eigenvalue weighted by molar-refractivity contribution is -0.119. The molecule has 2 heterocycles. The monoisotopic (exact) mass is 344 g/mol. The van der Waals surface area contributed by atoms with Crippen LogP contribution in [0, 0.1) is 11.7 Å². The molecule has 3 nitrogen and oxygen atoms in total. The Morgan fingerprint density at radius 2 is 1.88 bits per heavy atom. The highest BCUT2D eigenvalue weighted by Gasteiger charge is 2.23. The van der Waals surface area contributed by atoms with E-state index in [1.54, 1.807) is 47.6 Å². The molecular weight excluding hydrogens is 323 g/mol. The van der Waals surface area contributed by atoms with Crippen molar-refractivity contribution in [2.24, 2.45) is 5.92 Å². The van der Waals surface area contributed by atoms with E-state index in [0.717, 1.165) is 30.0 Å². The van der Waals surface area contributed by atoms with Crippen LogP contribution in [0.5, 0.6) is 0 Å². The van der Waals surface area contributed by atoms with Crippen LogP contribution in [0.1, 0.15) is 24.8 Å². The fourth-order valence-corrected chi connectivity index (χ4v) is 4.16. The summed E-state index contributed by atoms with van der Waals surface area (Å²) in [5, 5.41) is 0. The van der Waals surface area contributed by atoms with Crippen molar-refractivity contribution in [3.05, 3.63) is 60.2 Å². The summed E-state index contributed by atoms with van der Waals surface area (Å²) in [5.41, 5.74) is 1.30. The Kier molecular flexibility index (Phi) is 5.86. The number of rotatable bonds is 5. The quantitative estimate of drug-likeness (QED) is 0.811. The second-order valence-corrected chi connectivity index (χ2v) is 7.26. The first kappa shape index (κ1) is 17.0. The fraction of sp³-hybridized carbons (Fsp3) is 0.368. The largest absolute Gasteiger partial charge is 0.308 e. The number of anilines is 1. The molecule has 1 fully saturated rings. The molecule has 0 N–H and O–H groups in total. The summed E-state index contributed by atoms with van der Waals surface area (Å²) in [6.45, 7) is 0.247. The third-order valence-electron chi connectivity index (χ3n) is 4.37. The Bertz CT molecular complexity index is 674. The highest BCUT2D eigenvalue weighted by Crippen LogP contribution is 2.27. The van der Waals surface area contributed by atoms with E-state index in [-0.39, 0.29) is 18.3 Å². The van der Waals surface area contributed by atoms with E-state index in [1.807, 2.05) is 11.8 Å². The predicted molar refractivity (Wildman–Crippen MR) is 96.5 cm³/mol. The minimum atomic E-state index is -0.279. The van der Waals surface area contributed by atoms with Crippen LogP contribution in [-0.2, 0) is 11.3 Å². The minimum absolute atomic E-state index is 0.0568. The number of benzene rings is 1. The molecule has 1 aliphatic rings. The molecule has 1 aromatic carbocycles. The second kappa shape index (κ2) is 8.29. The summed E-state index contributed by atoms with van der Waals surface area (Å²) in [4.78, 5) is 18.6. The van der Waals surface area contributed by atoms with Crippen molar-refractivity contribution in [3.8, 4) is 0 Å². The van der Waals surface area contributed by atoms with Crippen molar-refractivity contribution < 1.29 is 9.18 Å². The van der Waals surface area contributed by atoms with Crippen LogP contribution in [0.2, 0.25) is 0 Å². The molecule has 0 aliphatic carbocycles. The van der Waals surface area contributed by atoms with Crippen molar-refractivity contribution >= 4 is 23.4 Å². The summed E-state index contributed by atoms with van der Waals surface area (Å²) in [6, 6.07) is 10.2. The first-order chi connectivity index (χ1) is 11.7. The van der Waals surface area contributed by atoms with Crippen molar-refractivity contribution in [2.45, 2.75) is 25.8 Å². The van der Waals surface area contributed by atoms with Gasteiger partial charge in [-0.2, -0.15) is 11.8 Å². The number of carbonyl (C=O) groups excluding carboxylic acids is 1. The van der Waals surface area contributed by atoms with Gasteiger partial charge in [0.1, 0.15) is 5.82 Å². The van der Waals surface area contributed by atoms with Gasteiger partial charge in [-0.05, 0) is 48.5 Å². The second-order valence-electron chi connectivity index (χ2n) is 6.04. The van der Waals surface area contributed by atoms with E-state index < -0.39 is 0 Å². The maximum atomic E-state index is 14.0. The van der Waals surface area contributed by atoms with E-state index in [0.29, 0.717) is 17.9 Å². The topological polar surface area (TPSA) is 33.2 Å². The number of aromatic nitrogens is 1. The lowest BCUT2D eigenvalue weighted by Gasteiger charge is -2.27. The van der Waals surface area contributed by atoms with E-state index in [1.165, 1.54) is 6.07 Å². The first-order valence-corrected chi connectivity index (χ1v) is 9.41. The zero-order chi connectivity index (χ0) is 16.8. The van der Waals surface area contributed by atoms with Gasteiger partial charge in [0.25, 0.3) is 0 Å². The Hall–Kier alpha value is -1.88. The molecule has 2 aromatic rings. The van der Waals surface area contributed by atoms with Gasteiger partial charge in [-0.25, -0.2) is 4.39 Å². The van der Waals surface area contributed by atoms with Crippen molar-refractivity contribution in [1.29, 1.82) is 0 Å². The number of pyridine rings is 1. The molecule has 3 rings (SSSR count). The zero-order valence-electron chi connectivity index (χ0n) is 13.5. The van der Waals surface area contributed by atoms with Gasteiger partial charge in [0.05, 0.1) is 6.54 Å². The van der Waals surface area contributed by atoms with Gasteiger partial charge >= 0.3 is 0 Å². The number of hydrogen-bond acceptors (Lipinski definition) is 3. The van der Waals surface area contributed by atoms with Gasteiger partial charge in [-0.1, -0.05) is 18.2 Å². The van der Waals surface area contributed by atoms with Crippen LogP contribution in [-0.4, -0.2) is 22.4 Å². The number of amides is 1. The van der Waals surface area contributed by atoms with Crippen LogP contribution in [0.25, 0.3) is 0 Å². The Morgan fingerprint density at radius 3 is 2.58 bits per heavy atom. The van der Waals surface area contributed by atoms with Crippen molar-refractivity contribution in [2.75, 3.05) is 16.4 Å².